The lowest BCUT2D eigenvalue weighted by molar-refractivity contribution is 0.0489. The van der Waals surface area contributed by atoms with Crippen LogP contribution in [0, 0.1) is 0 Å². The van der Waals surface area contributed by atoms with Crippen LogP contribution in [-0.2, 0) is 4.74 Å². The Bertz CT molecular complexity index is 316. The Morgan fingerprint density at radius 2 is 1.70 bits per heavy atom. The molecule has 0 spiro atoms. The van der Waals surface area contributed by atoms with E-state index in [0.717, 1.165) is 25.7 Å². The predicted molar refractivity (Wildman–Crippen MR) is 84.3 cm³/mol. The average Bonchev–Trinajstić information content (AvgIpc) is 2.82. The molecule has 0 unspecified atom stereocenters. The van der Waals surface area contributed by atoms with Gasteiger partial charge in [0.15, 0.2) is 0 Å². The van der Waals surface area contributed by atoms with Gasteiger partial charge in [0, 0.05) is 23.9 Å². The van der Waals surface area contributed by atoms with Crippen molar-refractivity contribution in [1.82, 2.24) is 10.6 Å². The van der Waals surface area contributed by atoms with E-state index in [9.17, 15) is 4.79 Å². The molecule has 4 nitrogen and oxygen atoms in total. The number of hydrogen-bond acceptors (Lipinski definition) is 4. The van der Waals surface area contributed by atoms with Crippen molar-refractivity contribution in [2.24, 2.45) is 0 Å². The highest BCUT2D eigenvalue weighted by Gasteiger charge is 2.26. The number of nitrogens with one attached hydrogen (secondary N) is 2. The molecule has 1 heterocycles. The van der Waals surface area contributed by atoms with E-state index >= 15 is 0 Å². The van der Waals surface area contributed by atoms with Gasteiger partial charge in [-0.1, -0.05) is 0 Å². The van der Waals surface area contributed by atoms with Crippen LogP contribution in [0.15, 0.2) is 0 Å². The first kappa shape index (κ1) is 16.0. The molecule has 0 bridgehead atoms. The fourth-order valence-electron chi connectivity index (χ4n) is 2.88. The Labute approximate surface area is 126 Å². The maximum Gasteiger partial charge on any atom is 0.407 e. The Kier molecular flexibility index (Phi) is 5.61. The fourth-order valence-corrected chi connectivity index (χ4v) is 4.04. The fraction of sp³-hybridized carbons (Fsp3) is 0.933. The minimum absolute atomic E-state index is 0.277. The van der Waals surface area contributed by atoms with Crippen molar-refractivity contribution in [3.63, 3.8) is 0 Å². The lowest BCUT2D eigenvalue weighted by atomic mass is 9.90. The molecule has 1 aliphatic heterocycles. The summed E-state index contributed by atoms with van der Waals surface area (Å²) in [5.41, 5.74) is -0.414. The predicted octanol–water partition coefficient (Wildman–Crippen LogP) is 2.92. The van der Waals surface area contributed by atoms with Crippen molar-refractivity contribution in [2.45, 2.75) is 76.6 Å². The third kappa shape index (κ3) is 5.52. The number of rotatable bonds is 3. The van der Waals surface area contributed by atoms with Gasteiger partial charge in [-0.25, -0.2) is 4.79 Å². The molecule has 1 aliphatic carbocycles. The minimum Gasteiger partial charge on any atom is -0.444 e. The highest BCUT2D eigenvalue weighted by atomic mass is 32.2. The summed E-state index contributed by atoms with van der Waals surface area (Å²) in [6.07, 6.45) is 5.44. The molecule has 2 rings (SSSR count). The number of hydrogen-bond donors (Lipinski definition) is 2. The van der Waals surface area contributed by atoms with Crippen LogP contribution in [0.4, 0.5) is 4.79 Å². The second-order valence-electron chi connectivity index (χ2n) is 6.92. The second-order valence-corrected chi connectivity index (χ2v) is 8.07. The molecule has 0 aromatic rings. The zero-order valence-corrected chi connectivity index (χ0v) is 13.7. The van der Waals surface area contributed by atoms with Crippen LogP contribution >= 0.6 is 11.8 Å². The summed E-state index contributed by atoms with van der Waals surface area (Å²) in [5.74, 6) is 2.56. The summed E-state index contributed by atoms with van der Waals surface area (Å²) < 4.78 is 5.31. The topological polar surface area (TPSA) is 50.4 Å². The summed E-state index contributed by atoms with van der Waals surface area (Å²) in [6.45, 7) is 5.69. The van der Waals surface area contributed by atoms with Crippen molar-refractivity contribution in [3.8, 4) is 0 Å². The van der Waals surface area contributed by atoms with E-state index in [4.69, 9.17) is 4.74 Å². The van der Waals surface area contributed by atoms with Gasteiger partial charge in [0.25, 0.3) is 0 Å². The lowest BCUT2D eigenvalue weighted by Crippen LogP contribution is -2.46. The Hall–Kier alpha value is -0.420. The standard InChI is InChI=1S/C15H28N2O2S/c1-15(2,3)19-14(18)17-12-6-4-11(5-7-12)16-13-8-9-20-10-13/h11-13,16H,4-10H2,1-3H3,(H,17,18)/t11?,12?,13-/m1/s1. The number of alkyl carbamates (subject to hydrolysis) is 1. The second kappa shape index (κ2) is 7.03. The van der Waals surface area contributed by atoms with Crippen molar-refractivity contribution >= 4 is 17.9 Å². The van der Waals surface area contributed by atoms with Gasteiger partial charge < -0.3 is 15.4 Å². The van der Waals surface area contributed by atoms with E-state index in [-0.39, 0.29) is 12.1 Å². The zero-order valence-electron chi connectivity index (χ0n) is 12.9. The summed E-state index contributed by atoms with van der Waals surface area (Å²) in [7, 11) is 0. The first-order chi connectivity index (χ1) is 9.42. The Morgan fingerprint density at radius 3 is 2.25 bits per heavy atom. The molecule has 1 saturated heterocycles. The summed E-state index contributed by atoms with van der Waals surface area (Å²) >= 11 is 2.05. The smallest absolute Gasteiger partial charge is 0.407 e. The molecule has 20 heavy (non-hydrogen) atoms. The van der Waals surface area contributed by atoms with Gasteiger partial charge in [-0.3, -0.25) is 0 Å². The van der Waals surface area contributed by atoms with Crippen LogP contribution < -0.4 is 10.6 Å². The van der Waals surface area contributed by atoms with Crippen molar-refractivity contribution < 1.29 is 9.53 Å². The molecule has 0 aromatic carbocycles. The van der Waals surface area contributed by atoms with Crippen LogP contribution in [0.3, 0.4) is 0 Å². The number of carbonyl (C=O) groups is 1. The molecule has 116 valence electrons. The molecule has 2 N–H and O–H groups in total. The molecular formula is C15H28N2O2S. The number of ether oxygens (including phenoxy) is 1. The zero-order chi connectivity index (χ0) is 14.6. The summed E-state index contributed by atoms with van der Waals surface area (Å²) in [4.78, 5) is 11.7. The van der Waals surface area contributed by atoms with Crippen molar-refractivity contribution in [1.29, 1.82) is 0 Å². The Morgan fingerprint density at radius 1 is 1.05 bits per heavy atom. The molecule has 1 atom stereocenters. The molecule has 0 radical (unpaired) electrons. The van der Waals surface area contributed by atoms with E-state index in [1.165, 1.54) is 17.9 Å². The first-order valence-corrected chi connectivity index (χ1v) is 8.91. The molecule has 2 aliphatic rings. The molecular weight excluding hydrogens is 272 g/mol. The van der Waals surface area contributed by atoms with Gasteiger partial charge in [0.1, 0.15) is 5.60 Å². The van der Waals surface area contributed by atoms with Crippen LogP contribution in [0.5, 0.6) is 0 Å². The van der Waals surface area contributed by atoms with E-state index in [1.807, 2.05) is 32.5 Å². The van der Waals surface area contributed by atoms with Gasteiger partial charge in [-0.15, -0.1) is 0 Å². The maximum absolute atomic E-state index is 11.7. The monoisotopic (exact) mass is 300 g/mol. The van der Waals surface area contributed by atoms with E-state index < -0.39 is 5.60 Å². The maximum atomic E-state index is 11.7. The van der Waals surface area contributed by atoms with Crippen LogP contribution in [0.25, 0.3) is 0 Å². The number of amides is 1. The highest BCUT2D eigenvalue weighted by molar-refractivity contribution is 7.99. The van der Waals surface area contributed by atoms with E-state index in [0.29, 0.717) is 12.1 Å². The lowest BCUT2D eigenvalue weighted by Gasteiger charge is -2.32. The number of thioether (sulfide) groups is 1. The third-order valence-corrected chi connectivity index (χ3v) is 5.01. The van der Waals surface area contributed by atoms with Crippen LogP contribution in [0.1, 0.15) is 52.9 Å². The first-order valence-electron chi connectivity index (χ1n) is 7.76. The van der Waals surface area contributed by atoms with Gasteiger partial charge in [0.2, 0.25) is 0 Å². The van der Waals surface area contributed by atoms with Gasteiger partial charge in [-0.05, 0) is 58.6 Å². The highest BCUT2D eigenvalue weighted by Crippen LogP contribution is 2.23. The van der Waals surface area contributed by atoms with E-state index in [2.05, 4.69) is 10.6 Å². The van der Waals surface area contributed by atoms with Gasteiger partial charge in [-0.2, -0.15) is 11.8 Å². The largest absolute Gasteiger partial charge is 0.444 e. The Balaban J connectivity index is 1.64. The van der Waals surface area contributed by atoms with Crippen molar-refractivity contribution in [2.75, 3.05) is 11.5 Å². The molecule has 2 fully saturated rings. The van der Waals surface area contributed by atoms with E-state index in [1.54, 1.807) is 0 Å². The quantitative estimate of drug-likeness (QED) is 0.841. The minimum atomic E-state index is -0.414. The molecule has 0 aromatic heterocycles. The normalized spacial score (nSPS) is 31.1. The van der Waals surface area contributed by atoms with Crippen LogP contribution in [0.2, 0.25) is 0 Å². The summed E-state index contributed by atoms with van der Waals surface area (Å²) in [5, 5.41) is 6.76. The molecule has 1 saturated carbocycles. The number of carbonyl (C=O) groups excluding carboxylic acids is 1. The third-order valence-electron chi connectivity index (χ3n) is 3.85. The average molecular weight is 300 g/mol. The van der Waals surface area contributed by atoms with Crippen molar-refractivity contribution in [3.05, 3.63) is 0 Å². The summed E-state index contributed by atoms with van der Waals surface area (Å²) in [6, 6.07) is 1.62. The van der Waals surface area contributed by atoms with Gasteiger partial charge >= 0.3 is 6.09 Å². The molecule has 1 amide bonds. The SMILES string of the molecule is CC(C)(C)OC(=O)NC1CCC(N[C@@H]2CCSC2)CC1. The molecule has 5 heteroatoms. The van der Waals surface area contributed by atoms with Crippen LogP contribution in [-0.4, -0.2) is 41.3 Å². The van der Waals surface area contributed by atoms with Gasteiger partial charge in [0.05, 0.1) is 0 Å².